The van der Waals surface area contributed by atoms with Crippen LogP contribution in [-0.2, 0) is 0 Å². The molecule has 0 unspecified atom stereocenters. The molecule has 0 saturated carbocycles. The van der Waals surface area contributed by atoms with Crippen LogP contribution >= 0.6 is 0 Å². The lowest BCUT2D eigenvalue weighted by atomic mass is 10.3. The number of hydrazone groups is 1. The summed E-state index contributed by atoms with van der Waals surface area (Å²) in [4.78, 5) is 11.0. The molecule has 2 N–H and O–H groups in total. The van der Waals surface area contributed by atoms with Gasteiger partial charge in [-0.3, -0.25) is 0 Å². The second-order valence-electron chi connectivity index (χ2n) is 2.61. The number of hydrogen-bond acceptors (Lipinski definition) is 2. The summed E-state index contributed by atoms with van der Waals surface area (Å²) in [5.41, 5.74) is 2.12. The number of nitrogens with zero attached hydrogens (tertiary/aromatic N) is 1. The lowest BCUT2D eigenvalue weighted by Gasteiger charge is -2.03. The number of anilines is 1. The highest BCUT2D eigenvalue weighted by molar-refractivity contribution is 5.89. The summed E-state index contributed by atoms with van der Waals surface area (Å²) < 4.78 is 25.4. The average Bonchev–Trinajstić information content (AvgIpc) is 2.13. The molecule has 0 aromatic heterocycles. The van der Waals surface area contributed by atoms with E-state index in [1.807, 2.05) is 0 Å². The van der Waals surface area contributed by atoms with E-state index in [0.29, 0.717) is 6.07 Å². The molecule has 2 amide bonds. The fraction of sp³-hybridized carbons (Fsp3) is 0.111. The number of rotatable bonds is 2. The molecule has 0 saturated heterocycles. The molecule has 0 aliphatic rings. The maximum Gasteiger partial charge on any atom is 0.339 e. The van der Waals surface area contributed by atoms with E-state index >= 15 is 0 Å². The zero-order valence-electron chi connectivity index (χ0n) is 7.92. The zero-order valence-corrected chi connectivity index (χ0v) is 7.92. The average molecular weight is 213 g/mol. The number of carbonyl (C=O) groups excluding carboxylic acids is 1. The Balaban J connectivity index is 2.68. The fourth-order valence-electron chi connectivity index (χ4n) is 0.908. The van der Waals surface area contributed by atoms with E-state index in [1.54, 1.807) is 6.92 Å². The minimum absolute atomic E-state index is 0.0244. The van der Waals surface area contributed by atoms with Crippen LogP contribution < -0.4 is 10.7 Å². The molecule has 0 aliphatic carbocycles. The Hall–Kier alpha value is -1.98. The summed E-state index contributed by atoms with van der Waals surface area (Å²) in [6, 6.07) is 2.04. The number of urea groups is 1. The lowest BCUT2D eigenvalue weighted by Crippen LogP contribution is -2.24. The normalized spacial score (nSPS) is 10.3. The van der Waals surface area contributed by atoms with Crippen LogP contribution in [0.3, 0.4) is 0 Å². The molecule has 4 nitrogen and oxygen atoms in total. The SMILES string of the molecule is C/C=N/NC(=O)Nc1cc(F)cc(F)c1. The molecule has 15 heavy (non-hydrogen) atoms. The number of benzene rings is 1. The van der Waals surface area contributed by atoms with Crippen molar-refractivity contribution in [1.29, 1.82) is 0 Å². The van der Waals surface area contributed by atoms with E-state index < -0.39 is 17.7 Å². The van der Waals surface area contributed by atoms with Crippen molar-refractivity contribution in [2.45, 2.75) is 6.92 Å². The molecule has 0 atom stereocenters. The van der Waals surface area contributed by atoms with Crippen molar-refractivity contribution < 1.29 is 13.6 Å². The summed E-state index contributed by atoms with van der Waals surface area (Å²) in [7, 11) is 0. The first kappa shape index (κ1) is 11.1. The lowest BCUT2D eigenvalue weighted by molar-refractivity contribution is 0.252. The summed E-state index contributed by atoms with van der Waals surface area (Å²) >= 11 is 0. The first-order valence-electron chi connectivity index (χ1n) is 4.12. The van der Waals surface area contributed by atoms with E-state index in [2.05, 4.69) is 15.8 Å². The maximum absolute atomic E-state index is 12.7. The third-order valence-electron chi connectivity index (χ3n) is 1.42. The van der Waals surface area contributed by atoms with E-state index in [-0.39, 0.29) is 5.69 Å². The van der Waals surface area contributed by atoms with Gasteiger partial charge in [0.25, 0.3) is 0 Å². The number of nitrogens with one attached hydrogen (secondary N) is 2. The van der Waals surface area contributed by atoms with E-state index in [4.69, 9.17) is 0 Å². The topological polar surface area (TPSA) is 53.5 Å². The molecule has 1 aromatic rings. The molecule has 0 aliphatic heterocycles. The Morgan fingerprint density at radius 1 is 1.33 bits per heavy atom. The van der Waals surface area contributed by atoms with Gasteiger partial charge in [-0.05, 0) is 19.1 Å². The Bertz CT molecular complexity index is 373. The van der Waals surface area contributed by atoms with Crippen molar-refractivity contribution in [1.82, 2.24) is 5.43 Å². The van der Waals surface area contributed by atoms with Crippen LogP contribution in [-0.4, -0.2) is 12.2 Å². The molecular weight excluding hydrogens is 204 g/mol. The standard InChI is InChI=1S/C9H9F2N3O/c1-2-12-14-9(15)13-8-4-6(10)3-7(11)5-8/h2-5H,1H3,(H2,13,14,15)/b12-2+. The predicted octanol–water partition coefficient (Wildman–Crippen LogP) is 2.09. The molecule has 1 aromatic carbocycles. The van der Waals surface area contributed by atoms with Crippen LogP contribution in [0.4, 0.5) is 19.3 Å². The molecular formula is C9H9F2N3O. The van der Waals surface area contributed by atoms with Crippen molar-refractivity contribution in [2.24, 2.45) is 5.10 Å². The van der Waals surface area contributed by atoms with Gasteiger partial charge in [0.1, 0.15) is 11.6 Å². The number of halogens is 2. The van der Waals surface area contributed by atoms with E-state index in [9.17, 15) is 13.6 Å². The minimum atomic E-state index is -0.760. The third kappa shape index (κ3) is 3.72. The van der Waals surface area contributed by atoms with E-state index in [1.165, 1.54) is 6.21 Å². The second kappa shape index (κ2) is 5.04. The Morgan fingerprint density at radius 2 is 1.93 bits per heavy atom. The van der Waals surface area contributed by atoms with Gasteiger partial charge in [0, 0.05) is 18.0 Å². The first-order chi connectivity index (χ1) is 7.11. The Morgan fingerprint density at radius 3 is 2.47 bits per heavy atom. The molecule has 0 spiro atoms. The molecule has 1 rings (SSSR count). The highest BCUT2D eigenvalue weighted by Gasteiger charge is 2.03. The van der Waals surface area contributed by atoms with Crippen LogP contribution in [0.2, 0.25) is 0 Å². The summed E-state index contributed by atoms with van der Waals surface area (Å²) in [6.07, 6.45) is 1.37. The van der Waals surface area contributed by atoms with Crippen molar-refractivity contribution in [3.63, 3.8) is 0 Å². The minimum Gasteiger partial charge on any atom is -0.306 e. The van der Waals surface area contributed by atoms with Crippen molar-refractivity contribution in [3.8, 4) is 0 Å². The van der Waals surface area contributed by atoms with Crippen LogP contribution in [0.5, 0.6) is 0 Å². The summed E-state index contributed by atoms with van der Waals surface area (Å²) in [5.74, 6) is -1.52. The van der Waals surface area contributed by atoms with Crippen LogP contribution in [0.1, 0.15) is 6.92 Å². The van der Waals surface area contributed by atoms with Gasteiger partial charge in [-0.1, -0.05) is 0 Å². The first-order valence-corrected chi connectivity index (χ1v) is 4.12. The zero-order chi connectivity index (χ0) is 11.3. The van der Waals surface area contributed by atoms with Gasteiger partial charge in [0.15, 0.2) is 0 Å². The van der Waals surface area contributed by atoms with Crippen molar-refractivity contribution in [3.05, 3.63) is 29.8 Å². The van der Waals surface area contributed by atoms with Gasteiger partial charge in [-0.2, -0.15) is 5.10 Å². The monoisotopic (exact) mass is 213 g/mol. The Kier molecular flexibility index (Phi) is 3.73. The molecule has 0 heterocycles. The van der Waals surface area contributed by atoms with Gasteiger partial charge in [-0.15, -0.1) is 0 Å². The second-order valence-corrected chi connectivity index (χ2v) is 2.61. The fourth-order valence-corrected chi connectivity index (χ4v) is 0.908. The smallest absolute Gasteiger partial charge is 0.306 e. The number of hydrogen-bond donors (Lipinski definition) is 2. The maximum atomic E-state index is 12.7. The predicted molar refractivity (Wildman–Crippen MR) is 52.7 cm³/mol. The molecule has 6 heteroatoms. The number of amides is 2. The highest BCUT2D eigenvalue weighted by atomic mass is 19.1. The third-order valence-corrected chi connectivity index (χ3v) is 1.42. The highest BCUT2D eigenvalue weighted by Crippen LogP contribution is 2.12. The van der Waals surface area contributed by atoms with Crippen molar-refractivity contribution >= 4 is 17.9 Å². The molecule has 80 valence electrons. The largest absolute Gasteiger partial charge is 0.339 e. The van der Waals surface area contributed by atoms with Gasteiger partial charge < -0.3 is 5.32 Å². The molecule has 0 radical (unpaired) electrons. The molecule has 0 bridgehead atoms. The van der Waals surface area contributed by atoms with Crippen LogP contribution in [0, 0.1) is 11.6 Å². The van der Waals surface area contributed by atoms with Crippen LogP contribution in [0.15, 0.2) is 23.3 Å². The number of carbonyl (C=O) groups is 1. The summed E-state index contributed by atoms with van der Waals surface area (Å²) in [5, 5.41) is 5.65. The van der Waals surface area contributed by atoms with Crippen molar-refractivity contribution in [2.75, 3.05) is 5.32 Å². The van der Waals surface area contributed by atoms with Crippen LogP contribution in [0.25, 0.3) is 0 Å². The van der Waals surface area contributed by atoms with E-state index in [0.717, 1.165) is 12.1 Å². The van der Waals surface area contributed by atoms with Gasteiger partial charge >= 0.3 is 6.03 Å². The molecule has 0 fully saturated rings. The Labute approximate surface area is 85.0 Å². The quantitative estimate of drug-likeness (QED) is 0.573. The van der Waals surface area contributed by atoms with Gasteiger partial charge in [-0.25, -0.2) is 19.0 Å². The van der Waals surface area contributed by atoms with Gasteiger partial charge in [0.2, 0.25) is 0 Å². The summed E-state index contributed by atoms with van der Waals surface area (Å²) in [6.45, 7) is 1.61. The van der Waals surface area contributed by atoms with Gasteiger partial charge in [0.05, 0.1) is 0 Å².